The van der Waals surface area contributed by atoms with Crippen LogP contribution in [0.3, 0.4) is 0 Å². The molecule has 0 aromatic rings. The number of rotatable bonds is 7. The van der Waals surface area contributed by atoms with Crippen LogP contribution < -0.4 is 5.32 Å². The van der Waals surface area contributed by atoms with Crippen molar-refractivity contribution in [3.63, 3.8) is 0 Å². The van der Waals surface area contributed by atoms with Gasteiger partial charge in [-0.1, -0.05) is 58.8 Å². The molecule has 0 radical (unpaired) electrons. The molecule has 1 unspecified atom stereocenters. The molecule has 1 heteroatoms. The highest BCUT2D eigenvalue weighted by molar-refractivity contribution is 4.76. The molecule has 1 aliphatic carbocycles. The molecule has 1 rings (SSSR count). The van der Waals surface area contributed by atoms with E-state index in [1.165, 1.54) is 57.8 Å². The topological polar surface area (TPSA) is 12.0 Å². The van der Waals surface area contributed by atoms with Crippen LogP contribution in [0, 0.1) is 11.8 Å². The third-order valence-corrected chi connectivity index (χ3v) is 4.60. The molecule has 1 N–H and O–H groups in total. The molecule has 1 nitrogen and oxygen atoms in total. The summed E-state index contributed by atoms with van der Waals surface area (Å²) in [5.41, 5.74) is 0. The van der Waals surface area contributed by atoms with Gasteiger partial charge in [-0.3, -0.25) is 0 Å². The van der Waals surface area contributed by atoms with Crippen molar-refractivity contribution < 1.29 is 0 Å². The molecule has 0 amide bonds. The van der Waals surface area contributed by atoms with E-state index >= 15 is 0 Å². The Kier molecular flexibility index (Phi) is 7.11. The van der Waals surface area contributed by atoms with E-state index in [-0.39, 0.29) is 0 Å². The first-order valence-corrected chi connectivity index (χ1v) is 7.49. The van der Waals surface area contributed by atoms with Gasteiger partial charge in [0.25, 0.3) is 0 Å². The van der Waals surface area contributed by atoms with E-state index in [1.807, 2.05) is 0 Å². The van der Waals surface area contributed by atoms with Crippen LogP contribution in [0.5, 0.6) is 0 Å². The van der Waals surface area contributed by atoms with Crippen LogP contribution in [0.25, 0.3) is 0 Å². The summed E-state index contributed by atoms with van der Waals surface area (Å²) in [5, 5.41) is 3.54. The predicted octanol–water partition coefficient (Wildman–Crippen LogP) is 4.37. The van der Waals surface area contributed by atoms with Gasteiger partial charge in [0, 0.05) is 6.04 Å². The third-order valence-electron chi connectivity index (χ3n) is 4.60. The Morgan fingerprint density at radius 1 is 1.06 bits per heavy atom. The van der Waals surface area contributed by atoms with E-state index in [1.54, 1.807) is 0 Å². The summed E-state index contributed by atoms with van der Waals surface area (Å²) in [6.45, 7) is 4.66. The Morgan fingerprint density at radius 3 is 2.19 bits per heavy atom. The molecule has 0 heterocycles. The molecular formula is C15H31N. The van der Waals surface area contributed by atoms with Gasteiger partial charge in [0.1, 0.15) is 0 Å². The van der Waals surface area contributed by atoms with Crippen molar-refractivity contribution in [1.82, 2.24) is 5.32 Å². The van der Waals surface area contributed by atoms with Crippen molar-refractivity contribution in [1.29, 1.82) is 0 Å². The smallest absolute Gasteiger partial charge is 0.00922 e. The van der Waals surface area contributed by atoms with Crippen LogP contribution in [0.2, 0.25) is 0 Å². The van der Waals surface area contributed by atoms with Crippen molar-refractivity contribution in [3.8, 4) is 0 Å². The zero-order valence-electron chi connectivity index (χ0n) is 11.6. The maximum atomic E-state index is 3.54. The molecule has 16 heavy (non-hydrogen) atoms. The molecule has 0 aliphatic heterocycles. The van der Waals surface area contributed by atoms with Crippen molar-refractivity contribution in [2.24, 2.45) is 11.8 Å². The SMILES string of the molecule is CCC(CC)C(CCC1CCCCC1)NC. The first-order chi connectivity index (χ1) is 7.81. The summed E-state index contributed by atoms with van der Waals surface area (Å²) in [7, 11) is 2.14. The van der Waals surface area contributed by atoms with E-state index in [2.05, 4.69) is 26.2 Å². The van der Waals surface area contributed by atoms with Gasteiger partial charge in [0.05, 0.1) is 0 Å². The van der Waals surface area contributed by atoms with Gasteiger partial charge in [-0.15, -0.1) is 0 Å². The lowest BCUT2D eigenvalue weighted by Gasteiger charge is -2.28. The molecule has 0 spiro atoms. The summed E-state index contributed by atoms with van der Waals surface area (Å²) < 4.78 is 0. The minimum Gasteiger partial charge on any atom is -0.317 e. The lowest BCUT2D eigenvalue weighted by molar-refractivity contribution is 0.275. The van der Waals surface area contributed by atoms with Gasteiger partial charge in [0.2, 0.25) is 0 Å². The number of hydrogen-bond donors (Lipinski definition) is 1. The standard InChI is InChI=1S/C15H31N/c1-4-14(5-2)15(16-3)12-11-13-9-7-6-8-10-13/h13-16H,4-12H2,1-3H3. The number of nitrogens with one attached hydrogen (secondary N) is 1. The average Bonchev–Trinajstić information content (AvgIpc) is 2.35. The Bertz CT molecular complexity index is 157. The molecule has 0 aromatic carbocycles. The zero-order chi connectivity index (χ0) is 11.8. The quantitative estimate of drug-likeness (QED) is 0.678. The molecule has 1 saturated carbocycles. The van der Waals surface area contributed by atoms with Crippen LogP contribution in [-0.4, -0.2) is 13.1 Å². The van der Waals surface area contributed by atoms with Crippen LogP contribution in [-0.2, 0) is 0 Å². The van der Waals surface area contributed by atoms with E-state index in [9.17, 15) is 0 Å². The molecule has 0 aromatic heterocycles. The maximum absolute atomic E-state index is 3.54. The molecular weight excluding hydrogens is 194 g/mol. The van der Waals surface area contributed by atoms with E-state index < -0.39 is 0 Å². The van der Waals surface area contributed by atoms with Gasteiger partial charge in [-0.25, -0.2) is 0 Å². The summed E-state index contributed by atoms with van der Waals surface area (Å²) >= 11 is 0. The molecule has 1 aliphatic rings. The highest BCUT2D eigenvalue weighted by Gasteiger charge is 2.19. The van der Waals surface area contributed by atoms with E-state index in [0.717, 1.165) is 17.9 Å². The molecule has 96 valence electrons. The van der Waals surface area contributed by atoms with Crippen molar-refractivity contribution in [2.45, 2.75) is 77.7 Å². The lowest BCUT2D eigenvalue weighted by atomic mass is 9.82. The minimum atomic E-state index is 0.761. The fourth-order valence-corrected chi connectivity index (χ4v) is 3.36. The molecule has 1 fully saturated rings. The highest BCUT2D eigenvalue weighted by Crippen LogP contribution is 2.29. The second kappa shape index (κ2) is 8.11. The Hall–Kier alpha value is -0.0400. The number of hydrogen-bond acceptors (Lipinski definition) is 1. The Labute approximate surface area is 102 Å². The fraction of sp³-hybridized carbons (Fsp3) is 1.00. The van der Waals surface area contributed by atoms with Crippen LogP contribution in [0.15, 0.2) is 0 Å². The summed E-state index contributed by atoms with van der Waals surface area (Å²) in [6.07, 6.45) is 13.0. The van der Waals surface area contributed by atoms with Crippen molar-refractivity contribution in [2.75, 3.05) is 7.05 Å². The second-order valence-electron chi connectivity index (χ2n) is 5.55. The lowest BCUT2D eigenvalue weighted by Crippen LogP contribution is -2.33. The first kappa shape index (κ1) is 14.0. The normalized spacial score (nSPS) is 20.2. The van der Waals surface area contributed by atoms with Crippen LogP contribution in [0.1, 0.15) is 71.6 Å². The first-order valence-electron chi connectivity index (χ1n) is 7.49. The van der Waals surface area contributed by atoms with E-state index in [0.29, 0.717) is 0 Å². The van der Waals surface area contributed by atoms with Crippen LogP contribution in [0.4, 0.5) is 0 Å². The van der Waals surface area contributed by atoms with Gasteiger partial charge < -0.3 is 5.32 Å². The summed E-state index contributed by atoms with van der Waals surface area (Å²) in [6, 6.07) is 0.761. The monoisotopic (exact) mass is 225 g/mol. The van der Waals surface area contributed by atoms with Crippen LogP contribution >= 0.6 is 0 Å². The van der Waals surface area contributed by atoms with Gasteiger partial charge in [-0.05, 0) is 31.7 Å². The second-order valence-corrected chi connectivity index (χ2v) is 5.55. The summed E-state index contributed by atoms with van der Waals surface area (Å²) in [4.78, 5) is 0. The molecule has 0 saturated heterocycles. The Balaban J connectivity index is 2.26. The minimum absolute atomic E-state index is 0.761. The predicted molar refractivity (Wildman–Crippen MR) is 72.7 cm³/mol. The van der Waals surface area contributed by atoms with E-state index in [4.69, 9.17) is 0 Å². The molecule has 0 bridgehead atoms. The Morgan fingerprint density at radius 2 is 1.69 bits per heavy atom. The maximum Gasteiger partial charge on any atom is 0.00922 e. The largest absolute Gasteiger partial charge is 0.317 e. The highest BCUT2D eigenvalue weighted by atomic mass is 14.9. The third kappa shape index (κ3) is 4.45. The summed E-state index contributed by atoms with van der Waals surface area (Å²) in [5.74, 6) is 1.92. The van der Waals surface area contributed by atoms with Gasteiger partial charge in [-0.2, -0.15) is 0 Å². The fourth-order valence-electron chi connectivity index (χ4n) is 3.36. The van der Waals surface area contributed by atoms with Gasteiger partial charge >= 0.3 is 0 Å². The van der Waals surface area contributed by atoms with Gasteiger partial charge in [0.15, 0.2) is 0 Å². The average molecular weight is 225 g/mol. The van der Waals surface area contributed by atoms with Crippen molar-refractivity contribution >= 4 is 0 Å². The zero-order valence-corrected chi connectivity index (χ0v) is 11.6. The molecule has 1 atom stereocenters. The van der Waals surface area contributed by atoms with Crippen molar-refractivity contribution in [3.05, 3.63) is 0 Å².